The van der Waals surface area contributed by atoms with Gasteiger partial charge >= 0.3 is 11.9 Å². The van der Waals surface area contributed by atoms with Crippen molar-refractivity contribution in [3.8, 4) is 0 Å². The van der Waals surface area contributed by atoms with Gasteiger partial charge in [0, 0.05) is 0 Å². The standard InChI is InChI=1S/C10H8.C5H6O.C4H6O4/c1-2-6-10-8-4-3-7-9(10)5-1;1-2-4-6-5-3-1;5-3(6)1-2-4(7)8/h1-8H;1-4H,5H2;1-2H2,(H,5,6)(H,7,8). The van der Waals surface area contributed by atoms with Crippen molar-refractivity contribution >= 4 is 22.7 Å². The first kappa shape index (κ1) is 19.0. The Kier molecular flexibility index (Phi) is 9.07. The molecule has 2 aromatic rings. The Labute approximate surface area is 140 Å². The van der Waals surface area contributed by atoms with Gasteiger partial charge in [-0.15, -0.1) is 0 Å². The maximum atomic E-state index is 9.64. The van der Waals surface area contributed by atoms with Crippen LogP contribution in [0.3, 0.4) is 0 Å². The SMILES string of the molecule is C1=CCOC=C1.O=C(O)CCC(=O)O.c1ccc2ccccc2c1. The van der Waals surface area contributed by atoms with Gasteiger partial charge < -0.3 is 14.9 Å². The molecule has 0 aliphatic carbocycles. The summed E-state index contributed by atoms with van der Waals surface area (Å²) in [5.74, 6) is -2.15. The van der Waals surface area contributed by atoms with E-state index >= 15 is 0 Å². The molecule has 2 aromatic carbocycles. The molecule has 24 heavy (non-hydrogen) atoms. The van der Waals surface area contributed by atoms with Crippen LogP contribution in [0.15, 0.2) is 73.0 Å². The Hall–Kier alpha value is -3.08. The van der Waals surface area contributed by atoms with Gasteiger partial charge in [0.05, 0.1) is 19.1 Å². The lowest BCUT2D eigenvalue weighted by atomic mass is 10.1. The molecule has 2 N–H and O–H groups in total. The first-order valence-electron chi connectivity index (χ1n) is 7.40. The van der Waals surface area contributed by atoms with E-state index in [0.717, 1.165) is 6.61 Å². The fraction of sp³-hybridized carbons (Fsp3) is 0.158. The number of allylic oxidation sites excluding steroid dienone is 2. The van der Waals surface area contributed by atoms with Gasteiger partial charge in [-0.25, -0.2) is 0 Å². The Morgan fingerprint density at radius 2 is 1.29 bits per heavy atom. The maximum absolute atomic E-state index is 9.64. The van der Waals surface area contributed by atoms with Gasteiger partial charge in [-0.1, -0.05) is 54.6 Å². The van der Waals surface area contributed by atoms with E-state index < -0.39 is 11.9 Å². The predicted octanol–water partition coefficient (Wildman–Crippen LogP) is 3.86. The molecular formula is C19H20O5. The van der Waals surface area contributed by atoms with Crippen molar-refractivity contribution in [3.63, 3.8) is 0 Å². The largest absolute Gasteiger partial charge is 0.497 e. The Morgan fingerprint density at radius 1 is 0.833 bits per heavy atom. The van der Waals surface area contributed by atoms with Gasteiger partial charge in [0.2, 0.25) is 0 Å². The average molecular weight is 328 g/mol. The average Bonchev–Trinajstić information content (AvgIpc) is 2.63. The summed E-state index contributed by atoms with van der Waals surface area (Å²) >= 11 is 0. The number of fused-ring (bicyclic) bond motifs is 1. The van der Waals surface area contributed by atoms with E-state index in [1.165, 1.54) is 10.8 Å². The van der Waals surface area contributed by atoms with E-state index in [4.69, 9.17) is 14.9 Å². The molecule has 5 heteroatoms. The number of carboxylic acid groups (broad SMARTS) is 2. The quantitative estimate of drug-likeness (QED) is 0.894. The lowest BCUT2D eigenvalue weighted by Crippen LogP contribution is -2.00. The van der Waals surface area contributed by atoms with Gasteiger partial charge in [-0.05, 0) is 22.9 Å². The summed E-state index contributed by atoms with van der Waals surface area (Å²) in [6.07, 6.45) is 6.87. The molecule has 0 saturated carbocycles. The van der Waals surface area contributed by atoms with Crippen LogP contribution in [0.5, 0.6) is 0 Å². The molecule has 5 nitrogen and oxygen atoms in total. The first-order chi connectivity index (χ1) is 11.6. The molecule has 0 amide bonds. The molecule has 0 fully saturated rings. The number of rotatable bonds is 3. The molecule has 0 bridgehead atoms. The summed E-state index contributed by atoms with van der Waals surface area (Å²) in [6, 6.07) is 16.7. The second kappa shape index (κ2) is 11.5. The molecule has 1 aliphatic rings. The van der Waals surface area contributed by atoms with Crippen molar-refractivity contribution in [1.82, 2.24) is 0 Å². The summed E-state index contributed by atoms with van der Waals surface area (Å²) in [5, 5.41) is 18.4. The van der Waals surface area contributed by atoms with E-state index in [2.05, 4.69) is 48.5 Å². The lowest BCUT2D eigenvalue weighted by molar-refractivity contribution is -0.143. The number of carbonyl (C=O) groups is 2. The number of aliphatic carboxylic acids is 2. The van der Waals surface area contributed by atoms with Gasteiger partial charge in [0.15, 0.2) is 0 Å². The van der Waals surface area contributed by atoms with Crippen molar-refractivity contribution in [2.45, 2.75) is 12.8 Å². The Balaban J connectivity index is 0.000000187. The highest BCUT2D eigenvalue weighted by molar-refractivity contribution is 5.82. The number of carboxylic acids is 2. The smallest absolute Gasteiger partial charge is 0.303 e. The molecule has 126 valence electrons. The summed E-state index contributed by atoms with van der Waals surface area (Å²) in [5.41, 5.74) is 0. The Morgan fingerprint density at radius 3 is 1.50 bits per heavy atom. The zero-order chi connectivity index (χ0) is 17.6. The van der Waals surface area contributed by atoms with Crippen LogP contribution in [0.4, 0.5) is 0 Å². The number of benzene rings is 2. The summed E-state index contributed by atoms with van der Waals surface area (Å²) < 4.78 is 4.80. The second-order valence-corrected chi connectivity index (χ2v) is 4.72. The topological polar surface area (TPSA) is 83.8 Å². The van der Waals surface area contributed by atoms with Crippen molar-refractivity contribution < 1.29 is 24.5 Å². The van der Waals surface area contributed by atoms with Crippen LogP contribution >= 0.6 is 0 Å². The lowest BCUT2D eigenvalue weighted by Gasteiger charge is -1.94. The second-order valence-electron chi connectivity index (χ2n) is 4.72. The van der Waals surface area contributed by atoms with Crippen molar-refractivity contribution in [2.75, 3.05) is 6.61 Å². The third-order valence-corrected chi connectivity index (χ3v) is 2.83. The maximum Gasteiger partial charge on any atom is 0.303 e. The third-order valence-electron chi connectivity index (χ3n) is 2.83. The molecule has 0 spiro atoms. The molecule has 0 aromatic heterocycles. The summed E-state index contributed by atoms with van der Waals surface area (Å²) in [7, 11) is 0. The Bertz CT molecular complexity index is 612. The van der Waals surface area contributed by atoms with Gasteiger partial charge in [-0.3, -0.25) is 9.59 Å². The number of hydrogen-bond donors (Lipinski definition) is 2. The molecule has 0 saturated heterocycles. The minimum atomic E-state index is -1.08. The minimum absolute atomic E-state index is 0.296. The number of ether oxygens (including phenoxy) is 1. The van der Waals surface area contributed by atoms with Gasteiger partial charge in [-0.2, -0.15) is 0 Å². The summed E-state index contributed by atoms with van der Waals surface area (Å²) in [4.78, 5) is 19.3. The summed E-state index contributed by atoms with van der Waals surface area (Å²) in [6.45, 7) is 0.733. The van der Waals surface area contributed by atoms with Crippen LogP contribution in [0.2, 0.25) is 0 Å². The highest BCUT2D eigenvalue weighted by Crippen LogP contribution is 2.11. The zero-order valence-electron chi connectivity index (χ0n) is 13.2. The van der Waals surface area contributed by atoms with Crippen molar-refractivity contribution in [1.29, 1.82) is 0 Å². The van der Waals surface area contributed by atoms with Crippen LogP contribution in [0, 0.1) is 0 Å². The van der Waals surface area contributed by atoms with Crippen LogP contribution in [-0.2, 0) is 14.3 Å². The molecular weight excluding hydrogens is 308 g/mol. The predicted molar refractivity (Wildman–Crippen MR) is 92.7 cm³/mol. The van der Waals surface area contributed by atoms with E-state index in [1.54, 1.807) is 6.26 Å². The fourth-order valence-corrected chi connectivity index (χ4v) is 1.69. The van der Waals surface area contributed by atoms with E-state index in [9.17, 15) is 9.59 Å². The van der Waals surface area contributed by atoms with E-state index in [0.29, 0.717) is 0 Å². The van der Waals surface area contributed by atoms with Crippen molar-refractivity contribution in [2.24, 2.45) is 0 Å². The normalized spacial score (nSPS) is 11.3. The van der Waals surface area contributed by atoms with Gasteiger partial charge in [0.1, 0.15) is 6.61 Å². The molecule has 0 radical (unpaired) electrons. The monoisotopic (exact) mass is 328 g/mol. The molecule has 3 rings (SSSR count). The first-order valence-corrected chi connectivity index (χ1v) is 7.40. The van der Waals surface area contributed by atoms with Gasteiger partial charge in [0.25, 0.3) is 0 Å². The molecule has 0 atom stereocenters. The number of hydrogen-bond acceptors (Lipinski definition) is 3. The third kappa shape index (κ3) is 9.04. The highest BCUT2D eigenvalue weighted by atomic mass is 16.5. The zero-order valence-corrected chi connectivity index (χ0v) is 13.2. The van der Waals surface area contributed by atoms with Crippen molar-refractivity contribution in [3.05, 3.63) is 73.0 Å². The van der Waals surface area contributed by atoms with Crippen LogP contribution in [0.1, 0.15) is 12.8 Å². The molecule has 0 unspecified atom stereocenters. The van der Waals surface area contributed by atoms with Crippen LogP contribution in [-0.4, -0.2) is 28.8 Å². The molecule has 1 heterocycles. The van der Waals surface area contributed by atoms with E-state index in [1.807, 2.05) is 18.2 Å². The highest BCUT2D eigenvalue weighted by Gasteiger charge is 2.00. The van der Waals surface area contributed by atoms with E-state index in [-0.39, 0.29) is 12.8 Å². The molecule has 1 aliphatic heterocycles. The van der Waals surface area contributed by atoms with Crippen LogP contribution < -0.4 is 0 Å². The fourth-order valence-electron chi connectivity index (χ4n) is 1.69. The minimum Gasteiger partial charge on any atom is -0.497 e. The van der Waals surface area contributed by atoms with Crippen LogP contribution in [0.25, 0.3) is 10.8 Å².